The highest BCUT2D eigenvalue weighted by Gasteiger charge is 2.36. The Labute approximate surface area is 217 Å². The van der Waals surface area contributed by atoms with Crippen LogP contribution in [0.5, 0.6) is 0 Å². The Bertz CT molecular complexity index is 1330. The number of halogens is 3. The first-order valence-electron chi connectivity index (χ1n) is 12.2. The number of nitrogens with zero attached hydrogens (tertiary/aromatic N) is 3. The number of carbonyl (C=O) groups is 2. The van der Waals surface area contributed by atoms with Gasteiger partial charge in [0.1, 0.15) is 11.2 Å². The number of likely N-dealkylation sites (tertiary alicyclic amines) is 1. The molecule has 2 N–H and O–H groups in total. The fourth-order valence-corrected chi connectivity index (χ4v) is 4.37. The fourth-order valence-electron chi connectivity index (χ4n) is 4.37. The maximum atomic E-state index is 13.9. The molecule has 0 saturated carbocycles. The van der Waals surface area contributed by atoms with E-state index in [4.69, 9.17) is 9.47 Å². The van der Waals surface area contributed by atoms with Crippen molar-refractivity contribution in [1.29, 1.82) is 0 Å². The van der Waals surface area contributed by atoms with Crippen LogP contribution in [0, 0.1) is 0 Å². The molecule has 0 radical (unpaired) electrons. The van der Waals surface area contributed by atoms with E-state index in [2.05, 4.69) is 20.3 Å². The van der Waals surface area contributed by atoms with E-state index in [-0.39, 0.29) is 28.8 Å². The summed E-state index contributed by atoms with van der Waals surface area (Å²) >= 11 is 0. The van der Waals surface area contributed by atoms with Gasteiger partial charge >= 0.3 is 18.2 Å². The summed E-state index contributed by atoms with van der Waals surface area (Å²) in [6.45, 7) is 6.19. The highest BCUT2D eigenvalue weighted by molar-refractivity contribution is 6.00. The zero-order chi connectivity index (χ0) is 27.7. The molecule has 0 unspecified atom stereocenters. The van der Waals surface area contributed by atoms with Crippen LogP contribution in [0.25, 0.3) is 22.2 Å². The van der Waals surface area contributed by atoms with Crippen LogP contribution in [0.1, 0.15) is 56.0 Å². The zero-order valence-electron chi connectivity index (χ0n) is 21.6. The summed E-state index contributed by atoms with van der Waals surface area (Å²) < 4.78 is 52.1. The first kappa shape index (κ1) is 27.2. The summed E-state index contributed by atoms with van der Waals surface area (Å²) in [7, 11) is 1.25. The van der Waals surface area contributed by atoms with E-state index in [1.807, 2.05) is 0 Å². The number of hydrogen-bond acceptors (Lipinski definition) is 7. The topological polar surface area (TPSA) is 109 Å². The van der Waals surface area contributed by atoms with Crippen molar-refractivity contribution in [1.82, 2.24) is 19.9 Å². The van der Waals surface area contributed by atoms with Crippen LogP contribution in [0.4, 0.5) is 23.9 Å². The zero-order valence-corrected chi connectivity index (χ0v) is 21.6. The molecule has 0 bridgehead atoms. The normalized spacial score (nSPS) is 16.7. The number of nitrogens with one attached hydrogen (secondary N) is 2. The summed E-state index contributed by atoms with van der Waals surface area (Å²) in [4.78, 5) is 37.2. The second-order valence-corrected chi connectivity index (χ2v) is 10.2. The van der Waals surface area contributed by atoms with Gasteiger partial charge in [-0.3, -0.25) is 0 Å². The van der Waals surface area contributed by atoms with Crippen LogP contribution >= 0.6 is 0 Å². The van der Waals surface area contributed by atoms with Gasteiger partial charge in [-0.15, -0.1) is 0 Å². The number of amides is 1. The van der Waals surface area contributed by atoms with E-state index in [0.717, 1.165) is 19.0 Å². The maximum absolute atomic E-state index is 13.9. The monoisotopic (exact) mass is 533 g/mol. The number of benzene rings is 1. The maximum Gasteiger partial charge on any atom is 0.419 e. The molecule has 0 spiro atoms. The third-order valence-corrected chi connectivity index (χ3v) is 6.11. The van der Waals surface area contributed by atoms with E-state index < -0.39 is 29.4 Å². The number of aromatic nitrogens is 3. The average molecular weight is 534 g/mol. The molecule has 12 heteroatoms. The standard InChI is InChI=1S/C26H30F3N5O4/c1-25(2,3)38-24(36)34-10-6-5-7-16(14-34)32-23-31-13-19(26(27,28)29)21(33-23)18-12-30-20-11-15(22(35)37-4)8-9-17(18)20/h8-9,11-13,16,30H,5-7,10,14H2,1-4H3,(H,31,32,33)/t16-/m0/s1. The Kier molecular flexibility index (Phi) is 7.52. The predicted octanol–water partition coefficient (Wildman–Crippen LogP) is 5.63. The van der Waals surface area contributed by atoms with Gasteiger partial charge in [0.05, 0.1) is 18.4 Å². The largest absolute Gasteiger partial charge is 0.465 e. The lowest BCUT2D eigenvalue weighted by Gasteiger charge is -2.28. The minimum atomic E-state index is -4.70. The lowest BCUT2D eigenvalue weighted by molar-refractivity contribution is -0.137. The lowest BCUT2D eigenvalue weighted by atomic mass is 10.0. The lowest BCUT2D eigenvalue weighted by Crippen LogP contribution is -2.42. The van der Waals surface area contributed by atoms with Crippen molar-refractivity contribution in [3.8, 4) is 11.3 Å². The molecule has 1 amide bonds. The molecule has 3 aromatic rings. The number of methoxy groups -OCH3 is 1. The Balaban J connectivity index is 1.65. The van der Waals surface area contributed by atoms with E-state index in [0.29, 0.717) is 30.4 Å². The second kappa shape index (κ2) is 10.5. The van der Waals surface area contributed by atoms with Crippen molar-refractivity contribution in [3.63, 3.8) is 0 Å². The summed E-state index contributed by atoms with van der Waals surface area (Å²) in [6.07, 6.45) is -0.681. The predicted molar refractivity (Wildman–Crippen MR) is 135 cm³/mol. The summed E-state index contributed by atoms with van der Waals surface area (Å²) in [5, 5.41) is 3.58. The Morgan fingerprint density at radius 1 is 1.18 bits per heavy atom. The SMILES string of the molecule is COC(=O)c1ccc2c(-c3nc(N[C@H]4CCCCN(C(=O)OC(C)(C)C)C4)ncc3C(F)(F)F)c[nH]c2c1. The summed E-state index contributed by atoms with van der Waals surface area (Å²) in [5.74, 6) is -0.541. The Morgan fingerprint density at radius 2 is 1.95 bits per heavy atom. The van der Waals surface area contributed by atoms with Crippen LogP contribution in [-0.4, -0.2) is 63.8 Å². The van der Waals surface area contributed by atoms with Crippen LogP contribution in [-0.2, 0) is 15.7 Å². The molecule has 3 heterocycles. The van der Waals surface area contributed by atoms with Gasteiger partial charge < -0.3 is 24.7 Å². The number of rotatable bonds is 4. The van der Waals surface area contributed by atoms with Gasteiger partial charge in [-0.05, 0) is 52.2 Å². The minimum Gasteiger partial charge on any atom is -0.465 e. The van der Waals surface area contributed by atoms with Crippen molar-refractivity contribution in [3.05, 3.63) is 41.7 Å². The van der Waals surface area contributed by atoms with E-state index in [9.17, 15) is 22.8 Å². The Hall–Kier alpha value is -3.83. The molecule has 1 saturated heterocycles. The van der Waals surface area contributed by atoms with Gasteiger partial charge in [-0.1, -0.05) is 6.07 Å². The number of hydrogen-bond donors (Lipinski definition) is 2. The van der Waals surface area contributed by atoms with Gasteiger partial charge in [0.2, 0.25) is 5.95 Å². The number of aromatic amines is 1. The third-order valence-electron chi connectivity index (χ3n) is 6.11. The molecule has 1 aromatic carbocycles. The molecule has 1 aliphatic rings. The molecule has 1 atom stereocenters. The molecule has 2 aromatic heterocycles. The fraction of sp³-hybridized carbons (Fsp3) is 0.462. The number of carbonyl (C=O) groups excluding carboxylic acids is 2. The summed E-state index contributed by atoms with van der Waals surface area (Å²) in [5.41, 5.74) is -1.000. The van der Waals surface area contributed by atoms with Crippen LogP contribution in [0.15, 0.2) is 30.6 Å². The molecular formula is C26H30F3N5O4. The van der Waals surface area contributed by atoms with Gasteiger partial charge in [0.25, 0.3) is 0 Å². The molecule has 1 fully saturated rings. The van der Waals surface area contributed by atoms with Gasteiger partial charge in [-0.2, -0.15) is 13.2 Å². The second-order valence-electron chi connectivity index (χ2n) is 10.2. The van der Waals surface area contributed by atoms with Crippen LogP contribution in [0.3, 0.4) is 0 Å². The first-order chi connectivity index (χ1) is 17.9. The van der Waals surface area contributed by atoms with Crippen LogP contribution < -0.4 is 5.32 Å². The molecule has 38 heavy (non-hydrogen) atoms. The number of esters is 1. The highest BCUT2D eigenvalue weighted by atomic mass is 19.4. The quantitative estimate of drug-likeness (QED) is 0.418. The number of ether oxygens (including phenoxy) is 2. The number of fused-ring (bicyclic) bond motifs is 1. The van der Waals surface area contributed by atoms with Crippen molar-refractivity contribution >= 4 is 28.9 Å². The van der Waals surface area contributed by atoms with E-state index in [1.165, 1.54) is 25.4 Å². The van der Waals surface area contributed by atoms with Gasteiger partial charge in [0.15, 0.2) is 0 Å². The highest BCUT2D eigenvalue weighted by Crippen LogP contribution is 2.39. The molecule has 0 aliphatic carbocycles. The summed E-state index contributed by atoms with van der Waals surface area (Å²) in [6, 6.07) is 4.26. The molecular weight excluding hydrogens is 503 g/mol. The van der Waals surface area contributed by atoms with Gasteiger partial charge in [0, 0.05) is 48.0 Å². The molecule has 4 rings (SSSR count). The van der Waals surface area contributed by atoms with Crippen molar-refractivity contribution < 1.29 is 32.2 Å². The smallest absolute Gasteiger partial charge is 0.419 e. The van der Waals surface area contributed by atoms with Crippen LogP contribution in [0.2, 0.25) is 0 Å². The van der Waals surface area contributed by atoms with E-state index in [1.54, 1.807) is 31.7 Å². The van der Waals surface area contributed by atoms with Crippen molar-refractivity contribution in [2.75, 3.05) is 25.5 Å². The Morgan fingerprint density at radius 3 is 2.63 bits per heavy atom. The number of anilines is 1. The number of H-pyrrole nitrogens is 1. The number of alkyl halides is 3. The van der Waals surface area contributed by atoms with Crippen molar-refractivity contribution in [2.45, 2.75) is 57.9 Å². The first-order valence-corrected chi connectivity index (χ1v) is 12.2. The van der Waals surface area contributed by atoms with Gasteiger partial charge in [-0.25, -0.2) is 19.6 Å². The molecule has 1 aliphatic heterocycles. The minimum absolute atomic E-state index is 0.0181. The molecule has 9 nitrogen and oxygen atoms in total. The van der Waals surface area contributed by atoms with Crippen molar-refractivity contribution in [2.24, 2.45) is 0 Å². The average Bonchev–Trinajstić information content (AvgIpc) is 3.12. The third kappa shape index (κ3) is 6.17. The van der Waals surface area contributed by atoms with E-state index >= 15 is 0 Å². The molecule has 204 valence electrons.